The highest BCUT2D eigenvalue weighted by Crippen LogP contribution is 2.17. The largest absolute Gasteiger partial charge is 0.240 e. The third kappa shape index (κ3) is 4.67. The quantitative estimate of drug-likeness (QED) is 0.811. The van der Waals surface area contributed by atoms with E-state index in [4.69, 9.17) is 11.6 Å². The molecule has 0 saturated carbocycles. The zero-order valence-corrected chi connectivity index (χ0v) is 13.8. The Hall–Kier alpha value is -0.630. The van der Waals surface area contributed by atoms with Crippen LogP contribution >= 0.6 is 11.6 Å². The van der Waals surface area contributed by atoms with Gasteiger partial charge in [0.2, 0.25) is 10.0 Å². The van der Waals surface area contributed by atoms with Gasteiger partial charge in [-0.05, 0) is 37.0 Å². The molecule has 0 amide bonds. The van der Waals surface area contributed by atoms with Crippen molar-refractivity contribution < 1.29 is 16.8 Å². The Bertz CT molecular complexity index is 669. The van der Waals surface area contributed by atoms with Crippen LogP contribution in [0.3, 0.4) is 0 Å². The number of benzene rings is 1. The summed E-state index contributed by atoms with van der Waals surface area (Å²) in [4.78, 5) is 0.189. The molecule has 1 saturated heterocycles. The van der Waals surface area contributed by atoms with Gasteiger partial charge in [-0.1, -0.05) is 12.1 Å². The van der Waals surface area contributed by atoms with E-state index in [2.05, 4.69) is 4.72 Å². The Balaban J connectivity index is 2.05. The Labute approximate surface area is 130 Å². The topological polar surface area (TPSA) is 80.3 Å². The fourth-order valence-corrected chi connectivity index (χ4v) is 5.25. The number of nitrogens with one attached hydrogen (secondary N) is 1. The van der Waals surface area contributed by atoms with E-state index in [0.29, 0.717) is 25.1 Å². The number of aryl methyl sites for hydroxylation is 1. The van der Waals surface area contributed by atoms with Crippen molar-refractivity contribution in [1.82, 2.24) is 4.72 Å². The molecule has 5 nitrogen and oxygen atoms in total. The summed E-state index contributed by atoms with van der Waals surface area (Å²) < 4.78 is 49.8. The lowest BCUT2D eigenvalue weighted by molar-refractivity contribution is 0.505. The van der Waals surface area contributed by atoms with E-state index in [0.717, 1.165) is 5.56 Å². The van der Waals surface area contributed by atoms with Gasteiger partial charge in [-0.3, -0.25) is 0 Å². The van der Waals surface area contributed by atoms with Crippen LogP contribution in [-0.4, -0.2) is 40.3 Å². The molecule has 0 spiro atoms. The summed E-state index contributed by atoms with van der Waals surface area (Å²) >= 11 is 5.64. The van der Waals surface area contributed by atoms with Gasteiger partial charge in [0.1, 0.15) is 9.84 Å². The van der Waals surface area contributed by atoms with Crippen LogP contribution in [0.4, 0.5) is 0 Å². The van der Waals surface area contributed by atoms with Gasteiger partial charge in [0.15, 0.2) is 0 Å². The maximum Gasteiger partial charge on any atom is 0.240 e. The summed E-state index contributed by atoms with van der Waals surface area (Å²) in [5.74, 6) is 0.560. The summed E-state index contributed by atoms with van der Waals surface area (Å²) in [6.45, 7) is 0. The molecule has 1 aromatic carbocycles. The van der Waals surface area contributed by atoms with Crippen molar-refractivity contribution in [2.24, 2.45) is 0 Å². The monoisotopic (exact) mass is 351 g/mol. The van der Waals surface area contributed by atoms with Gasteiger partial charge < -0.3 is 0 Å². The molecular weight excluding hydrogens is 334 g/mol. The first-order valence-corrected chi connectivity index (χ1v) is 10.5. The highest BCUT2D eigenvalue weighted by atomic mass is 35.5. The van der Waals surface area contributed by atoms with Crippen molar-refractivity contribution in [1.29, 1.82) is 0 Å². The third-order valence-electron chi connectivity index (χ3n) is 3.49. The lowest BCUT2D eigenvalue weighted by Crippen LogP contribution is -2.40. The van der Waals surface area contributed by atoms with Gasteiger partial charge in [0.05, 0.1) is 16.4 Å². The number of sulfone groups is 1. The van der Waals surface area contributed by atoms with E-state index < -0.39 is 19.9 Å². The van der Waals surface area contributed by atoms with Crippen LogP contribution in [0.15, 0.2) is 29.2 Å². The molecule has 0 aromatic heterocycles. The lowest BCUT2D eigenvalue weighted by Gasteiger charge is -2.22. The maximum atomic E-state index is 12.2. The van der Waals surface area contributed by atoms with E-state index in [1.807, 2.05) is 0 Å². The highest BCUT2D eigenvalue weighted by molar-refractivity contribution is 7.91. The molecule has 1 fully saturated rings. The van der Waals surface area contributed by atoms with Gasteiger partial charge >= 0.3 is 0 Å². The number of hydrogen-bond donors (Lipinski definition) is 1. The molecule has 8 heteroatoms. The summed E-state index contributed by atoms with van der Waals surface area (Å²) in [5.41, 5.74) is 0.979. The molecule has 1 aliphatic rings. The van der Waals surface area contributed by atoms with Crippen molar-refractivity contribution in [2.45, 2.75) is 30.2 Å². The zero-order chi connectivity index (χ0) is 15.5. The van der Waals surface area contributed by atoms with Gasteiger partial charge in [-0.15, -0.1) is 11.6 Å². The molecule has 0 atom stereocenters. The number of halogens is 1. The van der Waals surface area contributed by atoms with E-state index in [1.165, 1.54) is 0 Å². The van der Waals surface area contributed by atoms with Gasteiger partial charge in [-0.2, -0.15) is 0 Å². The van der Waals surface area contributed by atoms with E-state index in [9.17, 15) is 16.8 Å². The van der Waals surface area contributed by atoms with Crippen LogP contribution < -0.4 is 4.72 Å². The van der Waals surface area contributed by atoms with Crippen molar-refractivity contribution in [3.8, 4) is 0 Å². The fraction of sp³-hybridized carbons (Fsp3) is 0.538. The molecule has 0 unspecified atom stereocenters. The molecular formula is C13H18ClNO4S2. The molecule has 0 bridgehead atoms. The van der Waals surface area contributed by atoms with Crippen molar-refractivity contribution >= 4 is 31.5 Å². The number of sulfonamides is 1. The van der Waals surface area contributed by atoms with Crippen molar-refractivity contribution in [3.05, 3.63) is 29.8 Å². The molecule has 21 heavy (non-hydrogen) atoms. The smallest absolute Gasteiger partial charge is 0.229 e. The average Bonchev–Trinajstić information content (AvgIpc) is 2.42. The van der Waals surface area contributed by atoms with Crippen molar-refractivity contribution in [3.63, 3.8) is 0 Å². The summed E-state index contributed by atoms with van der Waals surface area (Å²) in [7, 11) is -6.60. The molecule has 1 aliphatic heterocycles. The Morgan fingerprint density at radius 1 is 1.14 bits per heavy atom. The van der Waals surface area contributed by atoms with E-state index >= 15 is 0 Å². The molecule has 1 N–H and O–H groups in total. The Morgan fingerprint density at radius 2 is 1.71 bits per heavy atom. The molecule has 1 aromatic rings. The predicted octanol–water partition coefficient (Wildman–Crippen LogP) is 1.32. The molecule has 0 radical (unpaired) electrons. The second-order valence-corrected chi connectivity index (χ2v) is 9.53. The highest BCUT2D eigenvalue weighted by Gasteiger charge is 2.27. The first-order valence-electron chi connectivity index (χ1n) is 6.70. The first-order chi connectivity index (χ1) is 9.82. The minimum absolute atomic E-state index is 0.0366. The van der Waals surface area contributed by atoms with Crippen molar-refractivity contribution in [2.75, 3.05) is 17.4 Å². The lowest BCUT2D eigenvalue weighted by atomic mass is 10.2. The molecule has 1 heterocycles. The second-order valence-electron chi connectivity index (χ2n) is 5.13. The summed E-state index contributed by atoms with van der Waals surface area (Å²) in [5, 5.41) is 0. The molecule has 0 aliphatic carbocycles. The SMILES string of the molecule is O=S1(=O)CCC(NS(=O)(=O)c2ccc(CCCl)cc2)CC1. The Kier molecular flexibility index (Phi) is 5.29. The molecule has 2 rings (SSSR count). The summed E-state index contributed by atoms with van der Waals surface area (Å²) in [6.07, 6.45) is 1.34. The number of hydrogen-bond acceptors (Lipinski definition) is 4. The maximum absolute atomic E-state index is 12.2. The van der Waals surface area contributed by atoms with Crippen LogP contribution in [0.2, 0.25) is 0 Å². The minimum Gasteiger partial charge on any atom is -0.229 e. The second kappa shape index (κ2) is 6.64. The van der Waals surface area contributed by atoms with Crippen LogP contribution in [0, 0.1) is 0 Å². The van der Waals surface area contributed by atoms with Gasteiger partial charge in [0.25, 0.3) is 0 Å². The van der Waals surface area contributed by atoms with E-state index in [-0.39, 0.29) is 22.4 Å². The average molecular weight is 352 g/mol. The first kappa shape index (κ1) is 16.7. The van der Waals surface area contributed by atoms with Crippen LogP contribution in [-0.2, 0) is 26.3 Å². The van der Waals surface area contributed by atoms with Gasteiger partial charge in [-0.25, -0.2) is 21.6 Å². The summed E-state index contributed by atoms with van der Waals surface area (Å²) in [6, 6.07) is 6.25. The predicted molar refractivity (Wildman–Crippen MR) is 82.9 cm³/mol. The minimum atomic E-state index is -3.61. The van der Waals surface area contributed by atoms with Gasteiger partial charge in [0, 0.05) is 11.9 Å². The van der Waals surface area contributed by atoms with Crippen LogP contribution in [0.25, 0.3) is 0 Å². The third-order valence-corrected chi connectivity index (χ3v) is 6.93. The van der Waals surface area contributed by atoms with Crippen LogP contribution in [0.1, 0.15) is 18.4 Å². The Morgan fingerprint density at radius 3 is 2.24 bits per heavy atom. The van der Waals surface area contributed by atoms with Crippen LogP contribution in [0.5, 0.6) is 0 Å². The molecule has 118 valence electrons. The number of alkyl halides is 1. The van der Waals surface area contributed by atoms with E-state index in [1.54, 1.807) is 24.3 Å². The fourth-order valence-electron chi connectivity index (χ4n) is 2.24. The zero-order valence-electron chi connectivity index (χ0n) is 11.5. The standard InChI is InChI=1S/C13H18ClNO4S2/c14-8-5-11-1-3-13(4-2-11)21(18,19)15-12-6-9-20(16,17)10-7-12/h1-4,12,15H,5-10H2. The number of rotatable bonds is 5. The normalized spacial score (nSPS) is 19.5.